The van der Waals surface area contributed by atoms with Crippen LogP contribution in [0.25, 0.3) is 0 Å². The average Bonchev–Trinajstić information content (AvgIpc) is 2.86. The van der Waals surface area contributed by atoms with E-state index in [1.807, 2.05) is 13.8 Å². The molecule has 0 unspecified atom stereocenters. The van der Waals surface area contributed by atoms with Gasteiger partial charge >= 0.3 is 0 Å². The van der Waals surface area contributed by atoms with Crippen LogP contribution in [0.15, 0.2) is 16.5 Å². The zero-order chi connectivity index (χ0) is 12.4. The van der Waals surface area contributed by atoms with E-state index < -0.39 is 0 Å². The molecule has 0 aliphatic rings. The third-order valence-corrected chi connectivity index (χ3v) is 3.26. The Hall–Kier alpha value is -1.69. The molecule has 5 nitrogen and oxygen atoms in total. The molecule has 0 aliphatic heterocycles. The summed E-state index contributed by atoms with van der Waals surface area (Å²) >= 11 is 1.37. The van der Waals surface area contributed by atoms with Crippen molar-refractivity contribution in [3.8, 4) is 0 Å². The lowest BCUT2D eigenvalue weighted by molar-refractivity contribution is 0.0995. The summed E-state index contributed by atoms with van der Waals surface area (Å²) in [6.07, 6.45) is 0. The van der Waals surface area contributed by atoms with Crippen LogP contribution in [0.3, 0.4) is 0 Å². The fourth-order valence-corrected chi connectivity index (χ4v) is 1.97. The van der Waals surface area contributed by atoms with Gasteiger partial charge in [-0.25, -0.2) is 0 Å². The third kappa shape index (κ3) is 2.71. The molecule has 1 N–H and O–H groups in total. The zero-order valence-corrected chi connectivity index (χ0v) is 10.7. The number of aromatic nitrogens is 2. The molecule has 6 heteroatoms. The van der Waals surface area contributed by atoms with Crippen LogP contribution in [0.2, 0.25) is 0 Å². The molecule has 0 radical (unpaired) electrons. The number of furan rings is 1. The molecule has 2 aromatic heterocycles. The normalized spacial score (nSPS) is 10.8. The predicted molar refractivity (Wildman–Crippen MR) is 65.4 cm³/mol. The summed E-state index contributed by atoms with van der Waals surface area (Å²) in [6, 6.07) is 3.38. The van der Waals surface area contributed by atoms with Crippen molar-refractivity contribution < 1.29 is 9.21 Å². The number of rotatable bonds is 3. The molecule has 0 aliphatic carbocycles. The van der Waals surface area contributed by atoms with Gasteiger partial charge in [-0.05, 0) is 19.1 Å². The number of hydrogen-bond donors (Lipinski definition) is 1. The topological polar surface area (TPSA) is 68.0 Å². The quantitative estimate of drug-likeness (QED) is 0.910. The number of hydrogen-bond acceptors (Lipinski definition) is 5. The second-order valence-electron chi connectivity index (χ2n) is 3.96. The molecule has 1 amide bonds. The van der Waals surface area contributed by atoms with Crippen LogP contribution in [0.5, 0.6) is 0 Å². The molecule has 90 valence electrons. The Labute approximate surface area is 103 Å². The van der Waals surface area contributed by atoms with Crippen molar-refractivity contribution in [1.82, 2.24) is 10.2 Å². The molecule has 0 aromatic carbocycles. The van der Waals surface area contributed by atoms with Gasteiger partial charge in [-0.2, -0.15) is 0 Å². The molecule has 2 aromatic rings. The summed E-state index contributed by atoms with van der Waals surface area (Å²) in [5.74, 6) is 0.993. The van der Waals surface area contributed by atoms with Crippen molar-refractivity contribution in [3.63, 3.8) is 0 Å². The fraction of sp³-hybridized carbons (Fsp3) is 0.364. The number of nitrogens with one attached hydrogen (secondary N) is 1. The van der Waals surface area contributed by atoms with E-state index in [-0.39, 0.29) is 11.7 Å². The van der Waals surface area contributed by atoms with Gasteiger partial charge in [-0.15, -0.1) is 10.2 Å². The smallest absolute Gasteiger partial charge is 0.293 e. The molecular weight excluding hydrogens is 238 g/mol. The van der Waals surface area contributed by atoms with Gasteiger partial charge in [0.25, 0.3) is 5.91 Å². The van der Waals surface area contributed by atoms with Crippen molar-refractivity contribution in [2.75, 3.05) is 5.32 Å². The van der Waals surface area contributed by atoms with Crippen LogP contribution < -0.4 is 5.32 Å². The Bertz CT molecular complexity index is 530. The van der Waals surface area contributed by atoms with Crippen LogP contribution in [0.4, 0.5) is 5.13 Å². The second kappa shape index (κ2) is 4.67. The number of carbonyl (C=O) groups is 1. The summed E-state index contributed by atoms with van der Waals surface area (Å²) in [5.41, 5.74) is 0. The van der Waals surface area contributed by atoms with E-state index in [2.05, 4.69) is 15.5 Å². The van der Waals surface area contributed by atoms with E-state index in [1.54, 1.807) is 19.1 Å². The lowest BCUT2D eigenvalue weighted by Gasteiger charge is -1.97. The molecule has 0 bridgehead atoms. The number of anilines is 1. The van der Waals surface area contributed by atoms with E-state index in [1.165, 1.54) is 11.3 Å². The van der Waals surface area contributed by atoms with Crippen molar-refractivity contribution in [2.45, 2.75) is 26.7 Å². The average molecular weight is 251 g/mol. The fourth-order valence-electron chi connectivity index (χ4n) is 1.23. The first-order valence-electron chi connectivity index (χ1n) is 5.27. The van der Waals surface area contributed by atoms with Crippen molar-refractivity contribution in [2.24, 2.45) is 0 Å². The first-order valence-corrected chi connectivity index (χ1v) is 6.09. The first-order chi connectivity index (χ1) is 8.06. The summed E-state index contributed by atoms with van der Waals surface area (Å²) in [6.45, 7) is 5.85. The highest BCUT2D eigenvalue weighted by molar-refractivity contribution is 7.15. The lowest BCUT2D eigenvalue weighted by Crippen LogP contribution is -2.10. The molecule has 0 fully saturated rings. The molecule has 0 saturated carbocycles. The van der Waals surface area contributed by atoms with Crippen LogP contribution in [0.1, 0.15) is 41.1 Å². The summed E-state index contributed by atoms with van der Waals surface area (Å²) in [7, 11) is 0. The van der Waals surface area contributed by atoms with E-state index in [0.29, 0.717) is 16.8 Å². The lowest BCUT2D eigenvalue weighted by atomic mass is 10.2. The van der Waals surface area contributed by atoms with E-state index in [4.69, 9.17) is 4.42 Å². The molecule has 0 atom stereocenters. The largest absolute Gasteiger partial charge is 0.456 e. The van der Waals surface area contributed by atoms with E-state index >= 15 is 0 Å². The Kier molecular flexibility index (Phi) is 3.23. The summed E-state index contributed by atoms with van der Waals surface area (Å²) in [4.78, 5) is 11.7. The highest BCUT2D eigenvalue weighted by Crippen LogP contribution is 2.22. The van der Waals surface area contributed by atoms with Crippen LogP contribution in [-0.4, -0.2) is 16.1 Å². The summed E-state index contributed by atoms with van der Waals surface area (Å²) in [5, 5.41) is 11.9. The maximum atomic E-state index is 11.7. The van der Waals surface area contributed by atoms with Gasteiger partial charge < -0.3 is 4.42 Å². The molecule has 2 rings (SSSR count). The van der Waals surface area contributed by atoms with Crippen molar-refractivity contribution in [1.29, 1.82) is 0 Å². The molecule has 2 heterocycles. The first kappa shape index (κ1) is 11.8. The molecule has 0 saturated heterocycles. The highest BCUT2D eigenvalue weighted by Gasteiger charge is 2.14. The predicted octanol–water partition coefficient (Wildman–Crippen LogP) is 2.82. The van der Waals surface area contributed by atoms with Gasteiger partial charge in [0.2, 0.25) is 5.13 Å². The van der Waals surface area contributed by atoms with Crippen LogP contribution in [0, 0.1) is 6.92 Å². The molecular formula is C11H13N3O2S. The van der Waals surface area contributed by atoms with Gasteiger partial charge in [0.05, 0.1) is 0 Å². The SMILES string of the molecule is Cc1ccc(C(=O)Nc2nnc(C(C)C)s2)o1. The number of aryl methyl sites for hydroxylation is 1. The minimum atomic E-state index is -0.301. The van der Waals surface area contributed by atoms with E-state index in [9.17, 15) is 4.79 Å². The van der Waals surface area contributed by atoms with Crippen LogP contribution >= 0.6 is 11.3 Å². The third-order valence-electron chi connectivity index (χ3n) is 2.12. The minimum Gasteiger partial charge on any atom is -0.456 e. The zero-order valence-electron chi connectivity index (χ0n) is 9.85. The second-order valence-corrected chi connectivity index (χ2v) is 4.97. The maximum Gasteiger partial charge on any atom is 0.293 e. The number of nitrogens with zero attached hydrogens (tertiary/aromatic N) is 2. The van der Waals surface area contributed by atoms with Gasteiger partial charge in [-0.1, -0.05) is 25.2 Å². The number of carbonyl (C=O) groups excluding carboxylic acids is 1. The molecule has 17 heavy (non-hydrogen) atoms. The van der Waals surface area contributed by atoms with Gasteiger partial charge in [0.1, 0.15) is 10.8 Å². The molecule has 0 spiro atoms. The van der Waals surface area contributed by atoms with Gasteiger partial charge in [-0.3, -0.25) is 10.1 Å². The monoisotopic (exact) mass is 251 g/mol. The van der Waals surface area contributed by atoms with Gasteiger partial charge in [0, 0.05) is 5.92 Å². The van der Waals surface area contributed by atoms with E-state index in [0.717, 1.165) is 5.01 Å². The Morgan fingerprint density at radius 1 is 1.41 bits per heavy atom. The maximum absolute atomic E-state index is 11.7. The Morgan fingerprint density at radius 3 is 2.71 bits per heavy atom. The Balaban J connectivity index is 2.07. The number of amides is 1. The summed E-state index contributed by atoms with van der Waals surface area (Å²) < 4.78 is 5.22. The minimum absolute atomic E-state index is 0.281. The van der Waals surface area contributed by atoms with Gasteiger partial charge in [0.15, 0.2) is 5.76 Å². The standard InChI is InChI=1S/C11H13N3O2S/c1-6(2)10-13-14-11(17-10)12-9(15)8-5-4-7(3)16-8/h4-6H,1-3H3,(H,12,14,15). The Morgan fingerprint density at radius 2 is 2.18 bits per heavy atom. The van der Waals surface area contributed by atoms with Crippen molar-refractivity contribution >= 4 is 22.4 Å². The highest BCUT2D eigenvalue weighted by atomic mass is 32.1. The van der Waals surface area contributed by atoms with Crippen LogP contribution in [-0.2, 0) is 0 Å². The van der Waals surface area contributed by atoms with Crippen molar-refractivity contribution in [3.05, 3.63) is 28.7 Å².